The van der Waals surface area contributed by atoms with E-state index >= 15 is 0 Å². The third-order valence-electron chi connectivity index (χ3n) is 9.15. The van der Waals surface area contributed by atoms with Crippen LogP contribution in [0, 0.1) is 11.7 Å². The number of carbonyl (C=O) groups is 3. The van der Waals surface area contributed by atoms with E-state index in [1.165, 1.54) is 35.6 Å². The number of hydrogen-bond acceptors (Lipinski definition) is 6. The van der Waals surface area contributed by atoms with E-state index in [9.17, 15) is 23.9 Å². The van der Waals surface area contributed by atoms with Gasteiger partial charge < -0.3 is 40.3 Å². The van der Waals surface area contributed by atoms with Crippen LogP contribution in [0.1, 0.15) is 82.5 Å². The van der Waals surface area contributed by atoms with E-state index in [0.29, 0.717) is 23.7 Å². The van der Waals surface area contributed by atoms with E-state index in [1.54, 1.807) is 37.1 Å². The van der Waals surface area contributed by atoms with Gasteiger partial charge in [0.2, 0.25) is 0 Å². The van der Waals surface area contributed by atoms with Crippen molar-refractivity contribution in [2.75, 3.05) is 44.0 Å². The standard InChI is InChI=1S/C36H52FN5O6/c1-24-21-42(25(2)23-43)34(44)31-20-30(39-35(45)38-28-11-6-5-7-12-28)17-18-32(31)48-26(3)10-8-9-19-47-33(24)22-41(4)36(46)40-29-15-13-27(37)14-16-29/h13-18,20,24-26,28,33,43H,5-12,19,21-23H2,1-4H3,(H,40,46)(H2,38,39,45)/t24-,25-,26-,33+/m0/s1. The maximum atomic E-state index is 14.3. The summed E-state index contributed by atoms with van der Waals surface area (Å²) in [5.41, 5.74) is 1.22. The number of halogens is 1. The van der Waals surface area contributed by atoms with Crippen LogP contribution in [0.15, 0.2) is 42.5 Å². The fourth-order valence-electron chi connectivity index (χ4n) is 6.17. The second kappa shape index (κ2) is 18.0. The molecule has 1 saturated carbocycles. The van der Waals surface area contributed by atoms with Crippen molar-refractivity contribution in [3.63, 3.8) is 0 Å². The molecule has 4 atom stereocenters. The number of amides is 5. The third kappa shape index (κ3) is 10.8. The Morgan fingerprint density at radius 2 is 1.69 bits per heavy atom. The highest BCUT2D eigenvalue weighted by molar-refractivity contribution is 5.99. The van der Waals surface area contributed by atoms with Crippen LogP contribution in [0.5, 0.6) is 5.75 Å². The lowest BCUT2D eigenvalue weighted by atomic mass is 9.96. The monoisotopic (exact) mass is 669 g/mol. The quantitative estimate of drug-likeness (QED) is 0.276. The summed E-state index contributed by atoms with van der Waals surface area (Å²) >= 11 is 0. The highest BCUT2D eigenvalue weighted by Crippen LogP contribution is 2.29. The molecule has 264 valence electrons. The maximum absolute atomic E-state index is 14.3. The Morgan fingerprint density at radius 3 is 2.40 bits per heavy atom. The minimum Gasteiger partial charge on any atom is -0.490 e. The number of likely N-dealkylation sites (N-methyl/N-ethyl adjacent to an activating group) is 1. The number of nitrogens with zero attached hydrogens (tertiary/aromatic N) is 2. The first kappa shape index (κ1) is 36.9. The Balaban J connectivity index is 1.55. The van der Waals surface area contributed by atoms with Gasteiger partial charge in [0.05, 0.1) is 30.4 Å². The fourth-order valence-corrected chi connectivity index (χ4v) is 6.17. The van der Waals surface area contributed by atoms with Gasteiger partial charge in [-0.2, -0.15) is 0 Å². The van der Waals surface area contributed by atoms with Gasteiger partial charge >= 0.3 is 12.1 Å². The molecule has 2 aromatic carbocycles. The van der Waals surface area contributed by atoms with Gasteiger partial charge in [-0.1, -0.05) is 26.2 Å². The van der Waals surface area contributed by atoms with Crippen LogP contribution in [0.2, 0.25) is 0 Å². The van der Waals surface area contributed by atoms with Crippen LogP contribution in [0.25, 0.3) is 0 Å². The molecule has 4 rings (SSSR count). The van der Waals surface area contributed by atoms with E-state index in [4.69, 9.17) is 9.47 Å². The Kier molecular flexibility index (Phi) is 13.9. The van der Waals surface area contributed by atoms with Gasteiger partial charge in [0, 0.05) is 50.1 Å². The number of fused-ring (bicyclic) bond motifs is 1. The normalized spacial score (nSPS) is 22.0. The molecule has 48 heavy (non-hydrogen) atoms. The molecule has 0 unspecified atom stereocenters. The number of urea groups is 2. The molecule has 0 radical (unpaired) electrons. The lowest BCUT2D eigenvalue weighted by Gasteiger charge is -2.35. The number of carbonyl (C=O) groups excluding carboxylic acids is 3. The lowest BCUT2D eigenvalue weighted by molar-refractivity contribution is -0.0115. The average Bonchev–Trinajstić information content (AvgIpc) is 3.07. The molecular formula is C36H52FN5O6. The molecule has 0 aromatic heterocycles. The Morgan fingerprint density at radius 1 is 1.00 bits per heavy atom. The van der Waals surface area contributed by atoms with Crippen LogP contribution >= 0.6 is 0 Å². The van der Waals surface area contributed by atoms with Crippen molar-refractivity contribution in [2.24, 2.45) is 5.92 Å². The SMILES string of the molecule is C[C@H]1CCCCO[C@H](CN(C)C(=O)Nc2ccc(F)cc2)[C@@H](C)CN([C@@H](C)CO)C(=O)c2cc(NC(=O)NC3CCCCC3)ccc2O1. The number of ether oxygens (including phenoxy) is 2. The highest BCUT2D eigenvalue weighted by Gasteiger charge is 2.31. The number of nitrogens with one attached hydrogen (secondary N) is 3. The van der Waals surface area contributed by atoms with E-state index < -0.39 is 18.0 Å². The fraction of sp³-hybridized carbons (Fsp3) is 0.583. The largest absolute Gasteiger partial charge is 0.490 e. The zero-order valence-corrected chi connectivity index (χ0v) is 28.7. The molecule has 0 saturated heterocycles. The first-order valence-electron chi connectivity index (χ1n) is 17.2. The van der Waals surface area contributed by atoms with Crippen LogP contribution < -0.4 is 20.7 Å². The summed E-state index contributed by atoms with van der Waals surface area (Å²) in [5, 5.41) is 18.9. The molecule has 11 nitrogen and oxygen atoms in total. The van der Waals surface area contributed by atoms with Crippen molar-refractivity contribution in [1.29, 1.82) is 0 Å². The summed E-state index contributed by atoms with van der Waals surface area (Å²) in [6, 6.07) is 9.55. The van der Waals surface area contributed by atoms with Gasteiger partial charge in [0.25, 0.3) is 5.91 Å². The van der Waals surface area contributed by atoms with Crippen molar-refractivity contribution in [1.82, 2.24) is 15.1 Å². The molecule has 12 heteroatoms. The molecule has 1 heterocycles. The van der Waals surface area contributed by atoms with Crippen molar-refractivity contribution in [3.05, 3.63) is 53.8 Å². The van der Waals surface area contributed by atoms with E-state index in [2.05, 4.69) is 16.0 Å². The van der Waals surface area contributed by atoms with Crippen LogP contribution in [-0.4, -0.2) is 90.5 Å². The summed E-state index contributed by atoms with van der Waals surface area (Å²) < 4.78 is 26.0. The maximum Gasteiger partial charge on any atom is 0.321 e. The summed E-state index contributed by atoms with van der Waals surface area (Å²) in [5.74, 6) is -0.565. The van der Waals surface area contributed by atoms with E-state index in [0.717, 1.165) is 44.9 Å². The predicted molar refractivity (Wildman–Crippen MR) is 184 cm³/mol. The Bertz CT molecular complexity index is 1350. The van der Waals surface area contributed by atoms with Gasteiger partial charge in [-0.05, 0) is 88.4 Å². The molecule has 5 amide bonds. The average molecular weight is 670 g/mol. The third-order valence-corrected chi connectivity index (χ3v) is 9.15. The van der Waals surface area contributed by atoms with Gasteiger partial charge in [0.15, 0.2) is 0 Å². The molecule has 2 aliphatic rings. The lowest BCUT2D eigenvalue weighted by Crippen LogP contribution is -2.48. The smallest absolute Gasteiger partial charge is 0.321 e. The van der Waals surface area contributed by atoms with Crippen LogP contribution in [0.4, 0.5) is 25.4 Å². The molecule has 1 fully saturated rings. The molecule has 2 aromatic rings. The summed E-state index contributed by atoms with van der Waals surface area (Å²) in [7, 11) is 1.66. The van der Waals surface area contributed by atoms with Crippen LogP contribution in [0.3, 0.4) is 0 Å². The zero-order chi connectivity index (χ0) is 34.6. The number of aliphatic hydroxyl groups excluding tert-OH is 1. The van der Waals surface area contributed by atoms with Crippen molar-refractivity contribution in [2.45, 2.75) is 96.4 Å². The first-order chi connectivity index (χ1) is 23.0. The van der Waals surface area contributed by atoms with Gasteiger partial charge in [0.1, 0.15) is 11.6 Å². The second-order valence-corrected chi connectivity index (χ2v) is 13.3. The Hall–Kier alpha value is -3.90. The van der Waals surface area contributed by atoms with Gasteiger partial charge in [-0.15, -0.1) is 0 Å². The second-order valence-electron chi connectivity index (χ2n) is 13.3. The molecule has 0 bridgehead atoms. The molecular weight excluding hydrogens is 617 g/mol. The van der Waals surface area contributed by atoms with Crippen molar-refractivity contribution >= 4 is 29.3 Å². The number of rotatable bonds is 7. The number of aliphatic hydroxyl groups is 1. The van der Waals surface area contributed by atoms with Gasteiger partial charge in [-0.3, -0.25) is 4.79 Å². The molecule has 1 aliphatic heterocycles. The summed E-state index contributed by atoms with van der Waals surface area (Å²) in [6.07, 6.45) is 7.01. The summed E-state index contributed by atoms with van der Waals surface area (Å²) in [6.45, 7) is 6.36. The van der Waals surface area contributed by atoms with Crippen molar-refractivity contribution < 1.29 is 33.4 Å². The topological polar surface area (TPSA) is 132 Å². The number of hydrogen-bond donors (Lipinski definition) is 4. The number of anilines is 2. The predicted octanol–water partition coefficient (Wildman–Crippen LogP) is 6.24. The highest BCUT2D eigenvalue weighted by atomic mass is 19.1. The first-order valence-corrected chi connectivity index (χ1v) is 17.2. The minimum atomic E-state index is -0.538. The minimum absolute atomic E-state index is 0.132. The van der Waals surface area contributed by atoms with Crippen LogP contribution in [-0.2, 0) is 4.74 Å². The molecule has 4 N–H and O–H groups in total. The molecule has 0 spiro atoms. The van der Waals surface area contributed by atoms with Crippen molar-refractivity contribution in [3.8, 4) is 5.75 Å². The Labute approximate surface area is 283 Å². The van der Waals surface area contributed by atoms with Gasteiger partial charge in [-0.25, -0.2) is 14.0 Å². The van der Waals surface area contributed by atoms with E-state index in [-0.39, 0.29) is 61.3 Å². The molecule has 1 aliphatic carbocycles. The zero-order valence-electron chi connectivity index (χ0n) is 28.7. The van der Waals surface area contributed by atoms with E-state index in [1.807, 2.05) is 13.8 Å². The number of benzene rings is 2. The summed E-state index contributed by atoms with van der Waals surface area (Å²) in [4.78, 5) is 43.3.